The molecule has 0 aliphatic heterocycles. The largest absolute Gasteiger partial charge is 0.395 e. The van der Waals surface area contributed by atoms with Gasteiger partial charge in [0.15, 0.2) is 0 Å². The third-order valence-electron chi connectivity index (χ3n) is 2.78. The monoisotopic (exact) mass is 265 g/mol. The quantitative estimate of drug-likeness (QED) is 0.692. The molecular weight excluding hydrogens is 242 g/mol. The molecule has 0 aliphatic rings. The van der Waals surface area contributed by atoms with Gasteiger partial charge in [0.05, 0.1) is 6.61 Å². The minimum Gasteiger partial charge on any atom is -0.395 e. The molecule has 0 aromatic heterocycles. The topological polar surface area (TPSA) is 78.6 Å². The van der Waals surface area contributed by atoms with E-state index in [4.69, 9.17) is 10.8 Å². The van der Waals surface area contributed by atoms with Crippen LogP contribution in [0.15, 0.2) is 24.3 Å². The van der Waals surface area contributed by atoms with Gasteiger partial charge in [-0.15, -0.1) is 0 Å². The zero-order valence-electron chi connectivity index (χ0n) is 11.6. The van der Waals surface area contributed by atoms with Crippen molar-refractivity contribution in [3.8, 4) is 0 Å². The number of carbonyl (C=O) groups excluding carboxylic acids is 1. The van der Waals surface area contributed by atoms with Crippen LogP contribution in [0.1, 0.15) is 20.3 Å². The lowest BCUT2D eigenvalue weighted by atomic mass is 10.2. The van der Waals surface area contributed by atoms with E-state index in [0.29, 0.717) is 13.0 Å². The highest BCUT2D eigenvalue weighted by Crippen LogP contribution is 2.17. The molecule has 1 unspecified atom stereocenters. The molecule has 1 aromatic carbocycles. The number of amides is 1. The number of carbonyl (C=O) groups is 1. The Morgan fingerprint density at radius 2 is 2.05 bits per heavy atom. The van der Waals surface area contributed by atoms with E-state index in [1.165, 1.54) is 0 Å². The first-order valence-electron chi connectivity index (χ1n) is 6.58. The summed E-state index contributed by atoms with van der Waals surface area (Å²) in [5.74, 6) is -0.0783. The Morgan fingerprint density at radius 1 is 1.42 bits per heavy atom. The average Bonchev–Trinajstić information content (AvgIpc) is 2.36. The van der Waals surface area contributed by atoms with Crippen molar-refractivity contribution in [2.75, 3.05) is 29.9 Å². The van der Waals surface area contributed by atoms with Crippen LogP contribution < -0.4 is 16.0 Å². The molecule has 4 N–H and O–H groups in total. The number of nitrogens with two attached hydrogens (primary N) is 1. The van der Waals surface area contributed by atoms with Crippen LogP contribution in [0.3, 0.4) is 0 Å². The lowest BCUT2D eigenvalue weighted by molar-refractivity contribution is -0.116. The second-order valence-electron chi connectivity index (χ2n) is 4.58. The number of anilines is 2. The van der Waals surface area contributed by atoms with E-state index in [0.717, 1.165) is 17.9 Å². The summed E-state index contributed by atoms with van der Waals surface area (Å²) in [6.07, 6.45) is 0.313. The van der Waals surface area contributed by atoms with Gasteiger partial charge < -0.3 is 21.1 Å². The highest BCUT2D eigenvalue weighted by atomic mass is 16.3. The predicted molar refractivity (Wildman–Crippen MR) is 78.3 cm³/mol. The van der Waals surface area contributed by atoms with E-state index in [9.17, 15) is 4.79 Å². The van der Waals surface area contributed by atoms with Gasteiger partial charge in [-0.25, -0.2) is 0 Å². The van der Waals surface area contributed by atoms with Crippen molar-refractivity contribution in [2.24, 2.45) is 5.73 Å². The van der Waals surface area contributed by atoms with E-state index in [-0.39, 0.29) is 18.6 Å². The van der Waals surface area contributed by atoms with Gasteiger partial charge in [0.1, 0.15) is 0 Å². The molecule has 1 rings (SSSR count). The summed E-state index contributed by atoms with van der Waals surface area (Å²) in [6.45, 7) is 5.40. The number of benzene rings is 1. The van der Waals surface area contributed by atoms with Crippen LogP contribution in [-0.2, 0) is 4.79 Å². The lowest BCUT2D eigenvalue weighted by Gasteiger charge is -2.22. The zero-order valence-corrected chi connectivity index (χ0v) is 11.6. The lowest BCUT2D eigenvalue weighted by Crippen LogP contribution is -2.26. The molecule has 0 bridgehead atoms. The molecular formula is C14H23N3O2. The molecule has 0 saturated carbocycles. The molecule has 1 aromatic rings. The van der Waals surface area contributed by atoms with Crippen molar-refractivity contribution in [3.63, 3.8) is 0 Å². The minimum absolute atomic E-state index is 0.0783. The van der Waals surface area contributed by atoms with Crippen LogP contribution in [0, 0.1) is 0 Å². The van der Waals surface area contributed by atoms with Crippen molar-refractivity contribution in [3.05, 3.63) is 24.3 Å². The van der Waals surface area contributed by atoms with Gasteiger partial charge in [-0.1, -0.05) is 0 Å². The van der Waals surface area contributed by atoms with Crippen LogP contribution in [0.25, 0.3) is 0 Å². The van der Waals surface area contributed by atoms with Crippen LogP contribution in [0.2, 0.25) is 0 Å². The Labute approximate surface area is 114 Å². The summed E-state index contributed by atoms with van der Waals surface area (Å²) in [7, 11) is 0. The van der Waals surface area contributed by atoms with Crippen molar-refractivity contribution in [1.82, 2.24) is 0 Å². The van der Waals surface area contributed by atoms with Gasteiger partial charge in [-0.3, -0.25) is 4.79 Å². The zero-order chi connectivity index (χ0) is 14.3. The summed E-state index contributed by atoms with van der Waals surface area (Å²) in [4.78, 5) is 13.6. The number of rotatable bonds is 7. The molecule has 106 valence electrons. The third-order valence-corrected chi connectivity index (χ3v) is 2.78. The Bertz CT molecular complexity index is 390. The normalized spacial score (nSPS) is 12.0. The molecule has 0 radical (unpaired) electrons. The van der Waals surface area contributed by atoms with Crippen LogP contribution in [-0.4, -0.2) is 36.8 Å². The second kappa shape index (κ2) is 7.76. The van der Waals surface area contributed by atoms with Gasteiger partial charge in [-0.2, -0.15) is 0 Å². The summed E-state index contributed by atoms with van der Waals surface area (Å²) >= 11 is 0. The standard InChI is InChI=1S/C14H23N3O2/c1-3-17(8-9-18)13-6-4-12(5-7-13)16-14(19)10-11(2)15/h4-7,11,18H,3,8-10,15H2,1-2H3,(H,16,19). The number of aliphatic hydroxyl groups excluding tert-OH is 1. The molecule has 0 saturated heterocycles. The van der Waals surface area contributed by atoms with Crippen molar-refractivity contribution in [2.45, 2.75) is 26.3 Å². The number of nitrogens with one attached hydrogen (secondary N) is 1. The molecule has 1 atom stereocenters. The van der Waals surface area contributed by atoms with Gasteiger partial charge >= 0.3 is 0 Å². The first kappa shape index (κ1) is 15.5. The number of aliphatic hydroxyl groups is 1. The number of hydrogen-bond acceptors (Lipinski definition) is 4. The average molecular weight is 265 g/mol. The van der Waals surface area contributed by atoms with Crippen molar-refractivity contribution in [1.29, 1.82) is 0 Å². The van der Waals surface area contributed by atoms with Crippen LogP contribution in [0.5, 0.6) is 0 Å². The van der Waals surface area contributed by atoms with Crippen molar-refractivity contribution >= 4 is 17.3 Å². The van der Waals surface area contributed by atoms with Crippen LogP contribution in [0.4, 0.5) is 11.4 Å². The van der Waals surface area contributed by atoms with Gasteiger partial charge in [0.2, 0.25) is 5.91 Å². The van der Waals surface area contributed by atoms with E-state index in [1.807, 2.05) is 31.2 Å². The van der Waals surface area contributed by atoms with E-state index < -0.39 is 0 Å². The predicted octanol–water partition coefficient (Wildman–Crippen LogP) is 1.18. The van der Waals surface area contributed by atoms with Crippen LogP contribution >= 0.6 is 0 Å². The molecule has 0 aliphatic carbocycles. The maximum absolute atomic E-state index is 11.6. The Hall–Kier alpha value is -1.59. The van der Waals surface area contributed by atoms with Gasteiger partial charge in [-0.05, 0) is 38.1 Å². The molecule has 5 nitrogen and oxygen atoms in total. The maximum atomic E-state index is 11.6. The highest BCUT2D eigenvalue weighted by molar-refractivity contribution is 5.91. The van der Waals surface area contributed by atoms with E-state index in [1.54, 1.807) is 6.92 Å². The molecule has 0 heterocycles. The molecule has 19 heavy (non-hydrogen) atoms. The Morgan fingerprint density at radius 3 is 2.53 bits per heavy atom. The van der Waals surface area contributed by atoms with E-state index in [2.05, 4.69) is 10.2 Å². The summed E-state index contributed by atoms with van der Waals surface area (Å²) in [5.41, 5.74) is 7.36. The number of likely N-dealkylation sites (N-methyl/N-ethyl adjacent to an activating group) is 1. The molecule has 1 amide bonds. The number of hydrogen-bond donors (Lipinski definition) is 3. The van der Waals surface area contributed by atoms with Gasteiger partial charge in [0.25, 0.3) is 0 Å². The third kappa shape index (κ3) is 5.28. The molecule has 0 fully saturated rings. The minimum atomic E-state index is -0.139. The summed E-state index contributed by atoms with van der Waals surface area (Å²) < 4.78 is 0. The Balaban J connectivity index is 2.63. The summed E-state index contributed by atoms with van der Waals surface area (Å²) in [5, 5.41) is 11.8. The fourth-order valence-electron chi connectivity index (χ4n) is 1.85. The SMILES string of the molecule is CCN(CCO)c1ccc(NC(=O)CC(C)N)cc1. The fraction of sp³-hybridized carbons (Fsp3) is 0.500. The first-order chi connectivity index (χ1) is 9.06. The van der Waals surface area contributed by atoms with Crippen molar-refractivity contribution < 1.29 is 9.90 Å². The van der Waals surface area contributed by atoms with Gasteiger partial charge in [0, 0.05) is 36.9 Å². The second-order valence-corrected chi connectivity index (χ2v) is 4.58. The van der Waals surface area contributed by atoms with E-state index >= 15 is 0 Å². The molecule has 5 heteroatoms. The molecule has 0 spiro atoms. The number of nitrogens with zero attached hydrogens (tertiary/aromatic N) is 1. The fourth-order valence-corrected chi connectivity index (χ4v) is 1.85. The summed E-state index contributed by atoms with van der Waals surface area (Å²) in [6, 6.07) is 7.43. The Kier molecular flexibility index (Phi) is 6.32. The maximum Gasteiger partial charge on any atom is 0.225 e. The smallest absolute Gasteiger partial charge is 0.225 e. The highest BCUT2D eigenvalue weighted by Gasteiger charge is 2.07. The first-order valence-corrected chi connectivity index (χ1v) is 6.58.